The van der Waals surface area contributed by atoms with Crippen LogP contribution in [0.1, 0.15) is 38.5 Å². The van der Waals surface area contributed by atoms with Gasteiger partial charge in [-0.2, -0.15) is 0 Å². The zero-order valence-electron chi connectivity index (χ0n) is 9.28. The fraction of sp³-hybridized carbons (Fsp3) is 1.00. The first-order valence-corrected chi connectivity index (χ1v) is 6.25. The molecule has 0 unspecified atom stereocenters. The summed E-state index contributed by atoms with van der Waals surface area (Å²) < 4.78 is 6.08. The van der Waals surface area contributed by atoms with E-state index in [0.29, 0.717) is 13.2 Å². The highest BCUT2D eigenvalue weighted by Gasteiger charge is 2.51. The quantitative estimate of drug-likeness (QED) is 0.570. The molecule has 4 aliphatic carbocycles. The lowest BCUT2D eigenvalue weighted by Gasteiger charge is -2.56. The minimum atomic E-state index is 0.216. The van der Waals surface area contributed by atoms with Gasteiger partial charge in [0, 0.05) is 0 Å². The van der Waals surface area contributed by atoms with Crippen molar-refractivity contribution in [1.29, 1.82) is 0 Å². The van der Waals surface area contributed by atoms with Gasteiger partial charge < -0.3 is 9.57 Å². The predicted octanol–water partition coefficient (Wildman–Crippen LogP) is 1.86. The van der Waals surface area contributed by atoms with E-state index in [1.54, 1.807) is 0 Å². The summed E-state index contributed by atoms with van der Waals surface area (Å²) in [7, 11) is 0. The highest BCUT2D eigenvalue weighted by Crippen LogP contribution is 2.56. The normalized spacial score (nSPS) is 47.4. The monoisotopic (exact) mass is 211 g/mol. The largest absolute Gasteiger partial charge is 0.372 e. The molecule has 15 heavy (non-hydrogen) atoms. The van der Waals surface area contributed by atoms with E-state index < -0.39 is 0 Å². The van der Waals surface area contributed by atoms with Crippen LogP contribution in [0.2, 0.25) is 0 Å². The number of nitrogens with two attached hydrogens (primary N) is 1. The van der Waals surface area contributed by atoms with Crippen LogP contribution in [0.4, 0.5) is 0 Å². The van der Waals surface area contributed by atoms with Crippen molar-refractivity contribution in [3.8, 4) is 0 Å². The van der Waals surface area contributed by atoms with E-state index in [0.717, 1.165) is 17.8 Å². The van der Waals surface area contributed by atoms with Gasteiger partial charge in [0.2, 0.25) is 0 Å². The molecular weight excluding hydrogens is 190 g/mol. The van der Waals surface area contributed by atoms with Crippen LogP contribution in [0.15, 0.2) is 0 Å². The summed E-state index contributed by atoms with van der Waals surface area (Å²) in [5.74, 6) is 7.89. The fourth-order valence-electron chi connectivity index (χ4n) is 4.51. The smallest absolute Gasteiger partial charge is 0.0913 e. The summed E-state index contributed by atoms with van der Waals surface area (Å²) in [5, 5.41) is 0. The third-order valence-electron chi connectivity index (χ3n) is 4.59. The molecule has 0 amide bonds. The zero-order chi connectivity index (χ0) is 10.3. The van der Waals surface area contributed by atoms with Gasteiger partial charge in [-0.25, -0.2) is 5.90 Å². The fourth-order valence-corrected chi connectivity index (χ4v) is 4.51. The van der Waals surface area contributed by atoms with Crippen LogP contribution in [-0.2, 0) is 9.57 Å². The zero-order valence-corrected chi connectivity index (χ0v) is 9.28. The average Bonchev–Trinajstić information content (AvgIpc) is 2.15. The van der Waals surface area contributed by atoms with Gasteiger partial charge in [0.05, 0.1) is 18.8 Å². The van der Waals surface area contributed by atoms with Crippen molar-refractivity contribution in [3.63, 3.8) is 0 Å². The van der Waals surface area contributed by atoms with Crippen LogP contribution in [0.5, 0.6) is 0 Å². The summed E-state index contributed by atoms with van der Waals surface area (Å²) in [6.45, 7) is 1.20. The van der Waals surface area contributed by atoms with Gasteiger partial charge in [0.1, 0.15) is 0 Å². The molecule has 0 aromatic rings. The molecule has 0 aliphatic heterocycles. The lowest BCUT2D eigenvalue weighted by atomic mass is 9.54. The molecule has 0 radical (unpaired) electrons. The van der Waals surface area contributed by atoms with E-state index in [4.69, 9.17) is 10.6 Å². The standard InChI is InChI=1S/C12H21NO2/c13-15-2-1-14-12-6-9-3-10(7-12)5-11(4-9)8-12/h9-11H,1-8,13H2. The second-order valence-electron chi connectivity index (χ2n) is 5.82. The van der Waals surface area contributed by atoms with Gasteiger partial charge in [-0.05, 0) is 56.3 Å². The Hall–Kier alpha value is -0.120. The van der Waals surface area contributed by atoms with Crippen molar-refractivity contribution in [1.82, 2.24) is 0 Å². The molecule has 4 rings (SSSR count). The maximum Gasteiger partial charge on any atom is 0.0913 e. The summed E-state index contributed by atoms with van der Waals surface area (Å²) in [5.41, 5.74) is 0.216. The maximum absolute atomic E-state index is 6.08. The van der Waals surface area contributed by atoms with Crippen molar-refractivity contribution in [3.05, 3.63) is 0 Å². The molecule has 0 aromatic carbocycles. The van der Waals surface area contributed by atoms with Gasteiger partial charge in [-0.3, -0.25) is 0 Å². The molecule has 0 heterocycles. The van der Waals surface area contributed by atoms with Crippen LogP contribution in [0, 0.1) is 17.8 Å². The molecule has 4 bridgehead atoms. The molecule has 3 nitrogen and oxygen atoms in total. The van der Waals surface area contributed by atoms with Gasteiger partial charge >= 0.3 is 0 Å². The second kappa shape index (κ2) is 3.72. The second-order valence-corrected chi connectivity index (χ2v) is 5.82. The molecule has 0 spiro atoms. The Labute approximate surface area is 91.3 Å². The lowest BCUT2D eigenvalue weighted by molar-refractivity contribution is -0.169. The van der Waals surface area contributed by atoms with Crippen LogP contribution < -0.4 is 5.90 Å². The minimum Gasteiger partial charge on any atom is -0.372 e. The Morgan fingerprint density at radius 2 is 1.47 bits per heavy atom. The topological polar surface area (TPSA) is 44.5 Å². The Morgan fingerprint density at radius 3 is 1.93 bits per heavy atom. The number of hydrogen-bond donors (Lipinski definition) is 1. The number of ether oxygens (including phenoxy) is 1. The predicted molar refractivity (Wildman–Crippen MR) is 57.0 cm³/mol. The van der Waals surface area contributed by atoms with Gasteiger partial charge in [-0.15, -0.1) is 0 Å². The van der Waals surface area contributed by atoms with Crippen LogP contribution in [0.25, 0.3) is 0 Å². The van der Waals surface area contributed by atoms with E-state index in [2.05, 4.69) is 4.84 Å². The molecular formula is C12H21NO2. The van der Waals surface area contributed by atoms with E-state index in [-0.39, 0.29) is 5.60 Å². The summed E-state index contributed by atoms with van der Waals surface area (Å²) >= 11 is 0. The van der Waals surface area contributed by atoms with Crippen molar-refractivity contribution < 1.29 is 9.57 Å². The summed E-state index contributed by atoms with van der Waals surface area (Å²) in [6.07, 6.45) is 8.29. The SMILES string of the molecule is NOCCOC12CC3CC(CC(C3)C1)C2. The lowest BCUT2D eigenvalue weighted by Crippen LogP contribution is -2.52. The van der Waals surface area contributed by atoms with Crippen LogP contribution >= 0.6 is 0 Å². The molecule has 2 N–H and O–H groups in total. The molecule has 0 saturated heterocycles. The van der Waals surface area contributed by atoms with Crippen LogP contribution in [0.3, 0.4) is 0 Å². The van der Waals surface area contributed by atoms with E-state index >= 15 is 0 Å². The third kappa shape index (κ3) is 1.81. The first kappa shape index (κ1) is 10.1. The Morgan fingerprint density at radius 1 is 0.933 bits per heavy atom. The molecule has 4 aliphatic rings. The van der Waals surface area contributed by atoms with E-state index in [1.165, 1.54) is 38.5 Å². The Kier molecular flexibility index (Phi) is 2.49. The third-order valence-corrected chi connectivity index (χ3v) is 4.59. The summed E-state index contributed by atoms with van der Waals surface area (Å²) in [4.78, 5) is 4.58. The van der Waals surface area contributed by atoms with Crippen molar-refractivity contribution >= 4 is 0 Å². The first-order chi connectivity index (χ1) is 7.30. The van der Waals surface area contributed by atoms with Gasteiger partial charge in [0.15, 0.2) is 0 Å². The molecule has 3 heteroatoms. The first-order valence-electron chi connectivity index (χ1n) is 6.25. The van der Waals surface area contributed by atoms with Crippen molar-refractivity contribution in [2.75, 3.05) is 13.2 Å². The van der Waals surface area contributed by atoms with Gasteiger partial charge in [-0.1, -0.05) is 0 Å². The molecule has 4 saturated carbocycles. The van der Waals surface area contributed by atoms with Crippen molar-refractivity contribution in [2.45, 2.75) is 44.1 Å². The van der Waals surface area contributed by atoms with Crippen LogP contribution in [-0.4, -0.2) is 18.8 Å². The molecule has 86 valence electrons. The summed E-state index contributed by atoms with van der Waals surface area (Å²) in [6, 6.07) is 0. The number of hydrogen-bond acceptors (Lipinski definition) is 3. The minimum absolute atomic E-state index is 0.216. The molecule has 0 aromatic heterocycles. The molecule has 0 atom stereocenters. The number of rotatable bonds is 4. The maximum atomic E-state index is 6.08. The molecule has 4 fully saturated rings. The van der Waals surface area contributed by atoms with Crippen molar-refractivity contribution in [2.24, 2.45) is 23.7 Å². The average molecular weight is 211 g/mol. The van der Waals surface area contributed by atoms with E-state index in [1.807, 2.05) is 0 Å². The highest BCUT2D eigenvalue weighted by atomic mass is 16.6. The highest BCUT2D eigenvalue weighted by molar-refractivity contribution is 5.03. The Balaban J connectivity index is 1.65. The Bertz CT molecular complexity index is 206. The van der Waals surface area contributed by atoms with E-state index in [9.17, 15) is 0 Å². The van der Waals surface area contributed by atoms with Gasteiger partial charge in [0.25, 0.3) is 0 Å².